The van der Waals surface area contributed by atoms with E-state index in [0.29, 0.717) is 4.99 Å². The quantitative estimate of drug-likeness (QED) is 0.816. The maximum absolute atomic E-state index is 5.83. The van der Waals surface area contributed by atoms with Crippen molar-refractivity contribution < 1.29 is 0 Å². The number of aryl methyl sites for hydroxylation is 1. The van der Waals surface area contributed by atoms with Crippen molar-refractivity contribution in [3.63, 3.8) is 0 Å². The third-order valence-corrected chi connectivity index (χ3v) is 3.64. The fourth-order valence-corrected chi connectivity index (χ4v) is 2.69. The lowest BCUT2D eigenvalue weighted by atomic mass is 9.98. The van der Waals surface area contributed by atoms with Crippen molar-refractivity contribution in [1.82, 2.24) is 0 Å². The summed E-state index contributed by atoms with van der Waals surface area (Å²) in [7, 11) is 0. The molecule has 2 nitrogen and oxygen atoms in total. The minimum absolute atomic E-state index is 0.502. The number of thiocarbonyl (C=S) groups is 1. The van der Waals surface area contributed by atoms with Crippen LogP contribution >= 0.6 is 12.2 Å². The predicted octanol–water partition coefficient (Wildman–Crippen LogP) is 2.87. The topological polar surface area (TPSA) is 29.3 Å². The van der Waals surface area contributed by atoms with Crippen molar-refractivity contribution in [2.75, 3.05) is 18.0 Å². The van der Waals surface area contributed by atoms with E-state index in [1.54, 1.807) is 0 Å². The lowest BCUT2D eigenvalue weighted by molar-refractivity contribution is 0.447. The summed E-state index contributed by atoms with van der Waals surface area (Å²) in [4.78, 5) is 2.92. The highest BCUT2D eigenvalue weighted by Gasteiger charge is 2.19. The third-order valence-electron chi connectivity index (χ3n) is 3.42. The monoisotopic (exact) mass is 248 g/mol. The van der Waals surface area contributed by atoms with Crippen LogP contribution in [0.25, 0.3) is 0 Å². The van der Waals surface area contributed by atoms with Gasteiger partial charge in [-0.15, -0.1) is 0 Å². The van der Waals surface area contributed by atoms with Crippen LogP contribution in [0.1, 0.15) is 30.9 Å². The van der Waals surface area contributed by atoms with E-state index in [0.717, 1.165) is 24.6 Å². The van der Waals surface area contributed by atoms with Crippen LogP contribution in [0, 0.1) is 12.8 Å². The molecule has 0 aliphatic carbocycles. The number of piperidine rings is 1. The normalized spacial score (nSPS) is 20.4. The molecule has 92 valence electrons. The summed E-state index contributed by atoms with van der Waals surface area (Å²) >= 11 is 5.16. The molecule has 0 radical (unpaired) electrons. The van der Waals surface area contributed by atoms with Crippen LogP contribution in [0.5, 0.6) is 0 Å². The van der Waals surface area contributed by atoms with Crippen molar-refractivity contribution in [1.29, 1.82) is 0 Å². The van der Waals surface area contributed by atoms with Crippen molar-refractivity contribution in [3.05, 3.63) is 29.3 Å². The van der Waals surface area contributed by atoms with Gasteiger partial charge >= 0.3 is 0 Å². The van der Waals surface area contributed by atoms with Gasteiger partial charge in [-0.1, -0.05) is 30.8 Å². The first-order chi connectivity index (χ1) is 8.08. The molecule has 1 saturated heterocycles. The number of hydrogen-bond acceptors (Lipinski definition) is 2. The first-order valence-electron chi connectivity index (χ1n) is 6.23. The van der Waals surface area contributed by atoms with Gasteiger partial charge in [0.2, 0.25) is 0 Å². The van der Waals surface area contributed by atoms with Crippen LogP contribution in [0.15, 0.2) is 18.2 Å². The van der Waals surface area contributed by atoms with E-state index in [9.17, 15) is 0 Å². The van der Waals surface area contributed by atoms with Crippen LogP contribution in [0.2, 0.25) is 0 Å². The molecule has 1 aliphatic heterocycles. The smallest absolute Gasteiger partial charge is 0.106 e. The zero-order chi connectivity index (χ0) is 12.4. The molecule has 1 fully saturated rings. The summed E-state index contributed by atoms with van der Waals surface area (Å²) in [5.41, 5.74) is 9.27. The Hall–Kier alpha value is -1.09. The largest absolute Gasteiger partial charge is 0.389 e. The molecule has 2 rings (SSSR count). The standard InChI is InChI=1S/C14H20N2S/c1-10-5-6-13(12(8-10)14(15)17)16-7-3-4-11(2)9-16/h5-6,8,11H,3-4,7,9H2,1-2H3,(H2,15,17). The fraction of sp³-hybridized carbons (Fsp3) is 0.500. The average molecular weight is 248 g/mol. The number of nitrogens with two attached hydrogens (primary N) is 1. The summed E-state index contributed by atoms with van der Waals surface area (Å²) in [6.07, 6.45) is 2.58. The SMILES string of the molecule is Cc1ccc(N2CCCC(C)C2)c(C(N)=S)c1. The summed E-state index contributed by atoms with van der Waals surface area (Å²) in [5, 5.41) is 0. The van der Waals surface area contributed by atoms with E-state index in [-0.39, 0.29) is 0 Å². The molecule has 0 amide bonds. The van der Waals surface area contributed by atoms with Gasteiger partial charge in [0.15, 0.2) is 0 Å². The Morgan fingerprint density at radius 1 is 1.47 bits per heavy atom. The number of anilines is 1. The van der Waals surface area contributed by atoms with Gasteiger partial charge in [-0.2, -0.15) is 0 Å². The van der Waals surface area contributed by atoms with E-state index in [1.807, 2.05) is 0 Å². The molecule has 3 heteroatoms. The number of nitrogens with zero attached hydrogens (tertiary/aromatic N) is 1. The van der Waals surface area contributed by atoms with E-state index in [4.69, 9.17) is 18.0 Å². The molecule has 0 aromatic heterocycles. The molecule has 0 saturated carbocycles. The first-order valence-corrected chi connectivity index (χ1v) is 6.64. The molecule has 1 aromatic carbocycles. The maximum atomic E-state index is 5.83. The second kappa shape index (κ2) is 5.05. The summed E-state index contributed by atoms with van der Waals surface area (Å²) in [5.74, 6) is 0.754. The molecular formula is C14H20N2S. The summed E-state index contributed by atoms with van der Waals surface area (Å²) in [6.45, 7) is 6.60. The Labute approximate surface area is 109 Å². The minimum Gasteiger partial charge on any atom is -0.389 e. The molecule has 1 unspecified atom stereocenters. The first kappa shape index (κ1) is 12.4. The molecule has 0 spiro atoms. The van der Waals surface area contributed by atoms with Crippen molar-refractivity contribution in [3.8, 4) is 0 Å². The van der Waals surface area contributed by atoms with Crippen molar-refractivity contribution in [2.24, 2.45) is 11.7 Å². The maximum Gasteiger partial charge on any atom is 0.106 e. The second-order valence-electron chi connectivity index (χ2n) is 5.08. The predicted molar refractivity (Wildman–Crippen MR) is 77.7 cm³/mol. The molecule has 17 heavy (non-hydrogen) atoms. The lowest BCUT2D eigenvalue weighted by Gasteiger charge is -2.34. The van der Waals surface area contributed by atoms with Crippen LogP contribution < -0.4 is 10.6 Å². The highest BCUT2D eigenvalue weighted by atomic mass is 32.1. The van der Waals surface area contributed by atoms with Gasteiger partial charge in [0.25, 0.3) is 0 Å². The van der Waals surface area contributed by atoms with Gasteiger partial charge in [-0.3, -0.25) is 0 Å². The number of hydrogen-bond donors (Lipinski definition) is 1. The Morgan fingerprint density at radius 2 is 2.24 bits per heavy atom. The summed E-state index contributed by atoms with van der Waals surface area (Å²) < 4.78 is 0. The van der Waals surface area contributed by atoms with E-state index in [2.05, 4.69) is 36.9 Å². The van der Waals surface area contributed by atoms with Gasteiger partial charge in [-0.05, 0) is 37.8 Å². The average Bonchev–Trinajstić information content (AvgIpc) is 2.28. The molecule has 1 atom stereocenters. The van der Waals surface area contributed by atoms with Gasteiger partial charge in [0.05, 0.1) is 0 Å². The van der Waals surface area contributed by atoms with E-state index in [1.165, 1.54) is 24.1 Å². The Bertz CT molecular complexity index is 428. The van der Waals surface area contributed by atoms with Crippen LogP contribution in [0.3, 0.4) is 0 Å². The third kappa shape index (κ3) is 2.78. The highest BCUT2D eigenvalue weighted by Crippen LogP contribution is 2.27. The lowest BCUT2D eigenvalue weighted by Crippen LogP contribution is -2.35. The van der Waals surface area contributed by atoms with Crippen molar-refractivity contribution >= 4 is 22.9 Å². The molecular weight excluding hydrogens is 228 g/mol. The van der Waals surface area contributed by atoms with Crippen LogP contribution in [-0.4, -0.2) is 18.1 Å². The number of benzene rings is 1. The van der Waals surface area contributed by atoms with Crippen LogP contribution in [0.4, 0.5) is 5.69 Å². The molecule has 1 aromatic rings. The minimum atomic E-state index is 0.502. The zero-order valence-corrected chi connectivity index (χ0v) is 11.4. The highest BCUT2D eigenvalue weighted by molar-refractivity contribution is 7.80. The van der Waals surface area contributed by atoms with Crippen molar-refractivity contribution in [2.45, 2.75) is 26.7 Å². The molecule has 0 bridgehead atoms. The molecule has 1 heterocycles. The fourth-order valence-electron chi connectivity index (χ4n) is 2.53. The molecule has 1 aliphatic rings. The van der Waals surface area contributed by atoms with E-state index >= 15 is 0 Å². The summed E-state index contributed by atoms with van der Waals surface area (Å²) in [6, 6.07) is 6.38. The Kier molecular flexibility index (Phi) is 3.67. The van der Waals surface area contributed by atoms with Crippen LogP contribution in [-0.2, 0) is 0 Å². The Morgan fingerprint density at radius 3 is 2.88 bits per heavy atom. The van der Waals surface area contributed by atoms with Gasteiger partial charge < -0.3 is 10.6 Å². The second-order valence-corrected chi connectivity index (χ2v) is 5.52. The Balaban J connectivity index is 2.33. The zero-order valence-electron chi connectivity index (χ0n) is 10.6. The molecule has 2 N–H and O–H groups in total. The van der Waals surface area contributed by atoms with Gasteiger partial charge in [0, 0.05) is 24.3 Å². The number of rotatable bonds is 2. The van der Waals surface area contributed by atoms with Gasteiger partial charge in [-0.25, -0.2) is 0 Å². The van der Waals surface area contributed by atoms with Gasteiger partial charge in [0.1, 0.15) is 4.99 Å². The van der Waals surface area contributed by atoms with E-state index < -0.39 is 0 Å².